The lowest BCUT2D eigenvalue weighted by Crippen LogP contribution is -2.44. The molecule has 7 heteroatoms. The van der Waals surface area contributed by atoms with Crippen LogP contribution in [0.25, 0.3) is 10.9 Å². The molecule has 0 aliphatic carbocycles. The Morgan fingerprint density at radius 1 is 1.10 bits per heavy atom. The maximum Gasteiger partial charge on any atom is 0.261 e. The van der Waals surface area contributed by atoms with Gasteiger partial charge in [0.15, 0.2) is 5.78 Å². The van der Waals surface area contributed by atoms with Crippen LogP contribution >= 0.6 is 0 Å². The van der Waals surface area contributed by atoms with Crippen molar-refractivity contribution in [3.63, 3.8) is 0 Å². The molecule has 7 nitrogen and oxygen atoms in total. The van der Waals surface area contributed by atoms with Crippen LogP contribution in [-0.2, 0) is 4.79 Å². The van der Waals surface area contributed by atoms with Crippen molar-refractivity contribution < 1.29 is 9.59 Å². The molecule has 3 heterocycles. The van der Waals surface area contributed by atoms with E-state index in [0.29, 0.717) is 42.4 Å². The molecule has 29 heavy (non-hydrogen) atoms. The number of hydrogen-bond acceptors (Lipinski definition) is 5. The highest BCUT2D eigenvalue weighted by Crippen LogP contribution is 2.23. The Balaban J connectivity index is 1.45. The minimum atomic E-state index is -0.648. The van der Waals surface area contributed by atoms with Gasteiger partial charge < -0.3 is 4.90 Å². The average Bonchev–Trinajstić information content (AvgIpc) is 2.79. The molecule has 1 aliphatic heterocycles. The standard InChI is InChI=1S/C22H22N4O3/c1-15(26-14-24-19-7-3-2-6-18(19)22(26)29)21(28)25-11-8-16(9-12-25)20(27)17-5-4-10-23-13-17/h2-7,10,13-16H,8-9,11-12H2,1H3/t15-/m1/s1. The van der Waals surface area contributed by atoms with Gasteiger partial charge in [0.1, 0.15) is 6.04 Å². The molecule has 0 unspecified atom stereocenters. The van der Waals surface area contributed by atoms with Crippen molar-refractivity contribution in [2.24, 2.45) is 5.92 Å². The van der Waals surface area contributed by atoms with Crippen LogP contribution in [0.5, 0.6) is 0 Å². The van der Waals surface area contributed by atoms with Crippen molar-refractivity contribution in [1.82, 2.24) is 19.4 Å². The van der Waals surface area contributed by atoms with E-state index in [1.165, 1.54) is 10.9 Å². The number of fused-ring (bicyclic) bond motifs is 1. The molecule has 0 radical (unpaired) electrons. The van der Waals surface area contributed by atoms with Crippen LogP contribution < -0.4 is 5.56 Å². The monoisotopic (exact) mass is 390 g/mol. The van der Waals surface area contributed by atoms with Gasteiger partial charge in [-0.1, -0.05) is 12.1 Å². The number of pyridine rings is 1. The Hall–Kier alpha value is -3.35. The maximum atomic E-state index is 13.0. The first kappa shape index (κ1) is 19.0. The number of amides is 1. The second-order valence-electron chi connectivity index (χ2n) is 7.36. The van der Waals surface area contributed by atoms with E-state index in [-0.39, 0.29) is 23.2 Å². The van der Waals surface area contributed by atoms with E-state index in [9.17, 15) is 14.4 Å². The highest BCUT2D eigenvalue weighted by molar-refractivity contribution is 5.97. The molecule has 1 atom stereocenters. The van der Waals surface area contributed by atoms with Crippen LogP contribution in [-0.4, -0.2) is 44.2 Å². The van der Waals surface area contributed by atoms with Crippen LogP contribution in [0.4, 0.5) is 0 Å². The van der Waals surface area contributed by atoms with Crippen LogP contribution in [0.15, 0.2) is 59.9 Å². The summed E-state index contributed by atoms with van der Waals surface area (Å²) in [7, 11) is 0. The molecule has 1 fully saturated rings. The smallest absolute Gasteiger partial charge is 0.261 e. The molecule has 3 aromatic rings. The van der Waals surface area contributed by atoms with E-state index in [1.54, 1.807) is 54.5 Å². The summed E-state index contributed by atoms with van der Waals surface area (Å²) in [5, 5.41) is 0.496. The number of benzene rings is 1. The second-order valence-corrected chi connectivity index (χ2v) is 7.36. The number of ketones is 1. The first-order valence-corrected chi connectivity index (χ1v) is 9.75. The number of para-hydroxylation sites is 1. The third kappa shape index (κ3) is 3.68. The molecule has 2 aromatic heterocycles. The quantitative estimate of drug-likeness (QED) is 0.639. The van der Waals surface area contributed by atoms with Crippen molar-refractivity contribution >= 4 is 22.6 Å². The number of Topliss-reactive ketones (excluding diaryl/α,β-unsaturated/α-hetero) is 1. The van der Waals surface area contributed by atoms with Crippen molar-refractivity contribution in [3.8, 4) is 0 Å². The molecule has 0 bridgehead atoms. The van der Waals surface area contributed by atoms with Gasteiger partial charge in [0, 0.05) is 37.0 Å². The highest BCUT2D eigenvalue weighted by atomic mass is 16.2. The average molecular weight is 390 g/mol. The summed E-state index contributed by atoms with van der Waals surface area (Å²) >= 11 is 0. The number of carbonyl (C=O) groups is 2. The first-order chi connectivity index (χ1) is 14.1. The SMILES string of the molecule is C[C@H](C(=O)N1CCC(C(=O)c2cccnc2)CC1)n1cnc2ccccc2c1=O. The number of rotatable bonds is 4. The van der Waals surface area contributed by atoms with Gasteiger partial charge >= 0.3 is 0 Å². The summed E-state index contributed by atoms with van der Waals surface area (Å²) in [5.41, 5.74) is 1.00. The number of hydrogen-bond donors (Lipinski definition) is 0. The molecule has 148 valence electrons. The zero-order chi connectivity index (χ0) is 20.4. The topological polar surface area (TPSA) is 85.2 Å². The largest absolute Gasteiger partial charge is 0.341 e. The van der Waals surface area contributed by atoms with Gasteiger partial charge in [-0.05, 0) is 44.0 Å². The third-order valence-electron chi connectivity index (χ3n) is 5.59. The van der Waals surface area contributed by atoms with Gasteiger partial charge in [0.05, 0.1) is 17.2 Å². The van der Waals surface area contributed by atoms with E-state index < -0.39 is 6.04 Å². The maximum absolute atomic E-state index is 13.0. The van der Waals surface area contributed by atoms with E-state index in [4.69, 9.17) is 0 Å². The van der Waals surface area contributed by atoms with Crippen LogP contribution in [0, 0.1) is 5.92 Å². The normalized spacial score (nSPS) is 16.0. The summed E-state index contributed by atoms with van der Waals surface area (Å²) < 4.78 is 1.39. The van der Waals surface area contributed by atoms with E-state index in [2.05, 4.69) is 9.97 Å². The number of piperidine rings is 1. The Morgan fingerprint density at radius 3 is 2.59 bits per heavy atom. The summed E-state index contributed by atoms with van der Waals surface area (Å²) in [6, 6.07) is 9.98. The van der Waals surface area contributed by atoms with Crippen molar-refractivity contribution in [2.45, 2.75) is 25.8 Å². The molecule has 0 N–H and O–H groups in total. The van der Waals surface area contributed by atoms with Crippen LogP contribution in [0.3, 0.4) is 0 Å². The lowest BCUT2D eigenvalue weighted by molar-refractivity contribution is -0.135. The highest BCUT2D eigenvalue weighted by Gasteiger charge is 2.30. The van der Waals surface area contributed by atoms with Gasteiger partial charge in [-0.15, -0.1) is 0 Å². The van der Waals surface area contributed by atoms with Crippen molar-refractivity contribution in [2.75, 3.05) is 13.1 Å². The molecule has 1 amide bonds. The Bertz CT molecular complexity index is 1100. The van der Waals surface area contributed by atoms with Crippen molar-refractivity contribution in [3.05, 3.63) is 71.0 Å². The van der Waals surface area contributed by atoms with Gasteiger partial charge in [-0.3, -0.25) is 23.9 Å². The molecule has 0 spiro atoms. The van der Waals surface area contributed by atoms with E-state index in [1.807, 2.05) is 6.07 Å². The lowest BCUT2D eigenvalue weighted by atomic mass is 9.89. The second kappa shape index (κ2) is 7.95. The number of nitrogens with zero attached hydrogens (tertiary/aromatic N) is 4. The minimum Gasteiger partial charge on any atom is -0.341 e. The first-order valence-electron chi connectivity index (χ1n) is 9.75. The van der Waals surface area contributed by atoms with Crippen LogP contribution in [0.2, 0.25) is 0 Å². The summed E-state index contributed by atoms with van der Waals surface area (Å²) in [4.78, 5) is 48.4. The molecule has 4 rings (SSSR count). The fourth-order valence-electron chi connectivity index (χ4n) is 3.85. The number of aromatic nitrogens is 3. The Kier molecular flexibility index (Phi) is 5.20. The zero-order valence-electron chi connectivity index (χ0n) is 16.2. The van der Waals surface area contributed by atoms with Gasteiger partial charge in [-0.2, -0.15) is 0 Å². The zero-order valence-corrected chi connectivity index (χ0v) is 16.2. The molecule has 1 saturated heterocycles. The summed E-state index contributed by atoms with van der Waals surface area (Å²) in [5.74, 6) is -0.159. The number of carbonyl (C=O) groups excluding carboxylic acids is 2. The molecule has 0 saturated carbocycles. The van der Waals surface area contributed by atoms with Crippen molar-refractivity contribution in [1.29, 1.82) is 0 Å². The predicted octanol–water partition coefficient (Wildman–Crippen LogP) is 2.47. The summed E-state index contributed by atoms with van der Waals surface area (Å²) in [6.45, 7) is 2.71. The predicted molar refractivity (Wildman–Crippen MR) is 109 cm³/mol. The van der Waals surface area contributed by atoms with Crippen LogP contribution in [0.1, 0.15) is 36.2 Å². The van der Waals surface area contributed by atoms with Gasteiger partial charge in [-0.25, -0.2) is 4.98 Å². The molecule has 1 aromatic carbocycles. The van der Waals surface area contributed by atoms with E-state index >= 15 is 0 Å². The minimum absolute atomic E-state index is 0.0770. The van der Waals surface area contributed by atoms with Gasteiger partial charge in [0.25, 0.3) is 5.56 Å². The van der Waals surface area contributed by atoms with Gasteiger partial charge in [0.2, 0.25) is 5.91 Å². The fraction of sp³-hybridized carbons (Fsp3) is 0.318. The fourth-order valence-corrected chi connectivity index (χ4v) is 3.85. The van der Waals surface area contributed by atoms with E-state index in [0.717, 1.165) is 0 Å². The number of likely N-dealkylation sites (tertiary alicyclic amines) is 1. The molecule has 1 aliphatic rings. The lowest BCUT2D eigenvalue weighted by Gasteiger charge is -2.33. The Morgan fingerprint density at radius 2 is 1.86 bits per heavy atom. The Labute approximate surface area is 168 Å². The summed E-state index contributed by atoms with van der Waals surface area (Å²) in [6.07, 6.45) is 5.88. The third-order valence-corrected chi connectivity index (χ3v) is 5.59. The molecular weight excluding hydrogens is 368 g/mol. The molecular formula is C22H22N4O3.